The number of carboxylic acid groups (broad SMARTS) is 1. The number of hydrogen-bond acceptors (Lipinski definition) is 6. The average molecular weight is 566 g/mol. The molecule has 1 saturated heterocycles. The molecule has 1 aliphatic carbocycles. The van der Waals surface area contributed by atoms with E-state index >= 15 is 0 Å². The van der Waals surface area contributed by atoms with Gasteiger partial charge < -0.3 is 19.6 Å². The standard InChI is InChI=1S/C29H32ClN5O5/c30-22-8-9-24(40-17-18-15-34-13-4-11-31-29(34)32-18)26-21(22)10-14-35(23(26)16-33-12-3-7-25(33)36)27(37)19-5-1-2-6-20(19)28(38)39/h4,8-9,11,13,15,19-20,23H,1-3,5-7,10,12,14,16-17H2,(H,38,39)/t19-,20+,23-/m1/s1. The zero-order chi connectivity index (χ0) is 27.8. The summed E-state index contributed by atoms with van der Waals surface area (Å²) in [5.74, 6) is -1.15. The maximum absolute atomic E-state index is 14.1. The van der Waals surface area contributed by atoms with Gasteiger partial charge in [-0.3, -0.25) is 18.8 Å². The molecule has 40 heavy (non-hydrogen) atoms. The average Bonchev–Trinajstić information content (AvgIpc) is 3.57. The fourth-order valence-electron chi connectivity index (χ4n) is 6.50. The first-order valence-electron chi connectivity index (χ1n) is 13.9. The summed E-state index contributed by atoms with van der Waals surface area (Å²) in [6, 6.07) is 4.94. The molecule has 1 aromatic carbocycles. The van der Waals surface area contributed by atoms with E-state index < -0.39 is 23.8 Å². The number of carbonyl (C=O) groups excluding carboxylic acids is 2. The number of carboxylic acids is 1. The van der Waals surface area contributed by atoms with Gasteiger partial charge >= 0.3 is 5.97 Å². The van der Waals surface area contributed by atoms with Gasteiger partial charge in [-0.15, -0.1) is 0 Å². The van der Waals surface area contributed by atoms with Crippen LogP contribution in [0.2, 0.25) is 5.02 Å². The Bertz CT molecular complexity index is 1420. The van der Waals surface area contributed by atoms with Crippen molar-refractivity contribution < 1.29 is 24.2 Å². The molecular formula is C29H32ClN5O5. The Hall–Kier alpha value is -3.66. The van der Waals surface area contributed by atoms with Crippen LogP contribution in [0.1, 0.15) is 61.4 Å². The van der Waals surface area contributed by atoms with Crippen LogP contribution in [0.3, 0.4) is 0 Å². The highest BCUT2D eigenvalue weighted by molar-refractivity contribution is 6.31. The number of carbonyl (C=O) groups is 3. The number of benzene rings is 1. The first kappa shape index (κ1) is 26.6. The van der Waals surface area contributed by atoms with E-state index in [1.807, 2.05) is 28.9 Å². The molecule has 0 spiro atoms. The fraction of sp³-hybridized carbons (Fsp3) is 0.483. The van der Waals surface area contributed by atoms with Crippen molar-refractivity contribution >= 4 is 35.2 Å². The van der Waals surface area contributed by atoms with Crippen molar-refractivity contribution in [3.8, 4) is 5.75 Å². The third kappa shape index (κ3) is 5.00. The molecule has 0 radical (unpaired) electrons. The van der Waals surface area contributed by atoms with Gasteiger partial charge in [-0.25, -0.2) is 9.97 Å². The van der Waals surface area contributed by atoms with Gasteiger partial charge in [0, 0.05) is 55.2 Å². The molecule has 4 heterocycles. The molecule has 2 aromatic heterocycles. The molecule has 0 unspecified atom stereocenters. The van der Waals surface area contributed by atoms with E-state index in [4.69, 9.17) is 16.3 Å². The Morgan fingerprint density at radius 3 is 2.67 bits per heavy atom. The van der Waals surface area contributed by atoms with E-state index in [1.54, 1.807) is 22.1 Å². The molecule has 3 aromatic rings. The topological polar surface area (TPSA) is 117 Å². The minimum atomic E-state index is -0.921. The molecular weight excluding hydrogens is 534 g/mol. The van der Waals surface area contributed by atoms with Gasteiger partial charge in [-0.2, -0.15) is 0 Å². The number of halogens is 1. The SMILES string of the molecule is O=C(O)[C@H]1CCCC[C@H]1C(=O)N1CCc2c(Cl)ccc(OCc3cn4cccnc4n3)c2[C@H]1CN1CCCC1=O. The van der Waals surface area contributed by atoms with Gasteiger partial charge in [0.1, 0.15) is 12.4 Å². The number of hydrogen-bond donors (Lipinski definition) is 1. The van der Waals surface area contributed by atoms with Crippen LogP contribution in [0, 0.1) is 11.8 Å². The van der Waals surface area contributed by atoms with E-state index in [9.17, 15) is 19.5 Å². The van der Waals surface area contributed by atoms with Gasteiger partial charge in [0.25, 0.3) is 0 Å². The quantitative estimate of drug-likeness (QED) is 0.461. The van der Waals surface area contributed by atoms with Crippen LogP contribution in [0.5, 0.6) is 5.75 Å². The van der Waals surface area contributed by atoms with Gasteiger partial charge in [-0.1, -0.05) is 24.4 Å². The number of fused-ring (bicyclic) bond motifs is 2. The Balaban J connectivity index is 1.35. The predicted octanol–water partition coefficient (Wildman–Crippen LogP) is 3.90. The number of rotatable bonds is 7. The summed E-state index contributed by atoms with van der Waals surface area (Å²) in [6.07, 6.45) is 9.87. The fourth-order valence-corrected chi connectivity index (χ4v) is 6.76. The van der Waals surface area contributed by atoms with Crippen molar-refractivity contribution in [3.63, 3.8) is 0 Å². The molecule has 0 bridgehead atoms. The van der Waals surface area contributed by atoms with Crippen LogP contribution in [0.15, 0.2) is 36.8 Å². The van der Waals surface area contributed by atoms with Gasteiger partial charge in [0.2, 0.25) is 17.6 Å². The summed E-state index contributed by atoms with van der Waals surface area (Å²) in [5, 5.41) is 10.5. The number of aliphatic carboxylic acids is 1. The first-order valence-corrected chi connectivity index (χ1v) is 14.3. The molecule has 3 aliphatic rings. The highest BCUT2D eigenvalue weighted by Crippen LogP contribution is 2.43. The second kappa shape index (κ2) is 11.1. The monoisotopic (exact) mass is 565 g/mol. The Kier molecular flexibility index (Phi) is 7.35. The van der Waals surface area contributed by atoms with Gasteiger partial charge in [0.15, 0.2) is 0 Å². The Morgan fingerprint density at radius 1 is 1.10 bits per heavy atom. The second-order valence-corrected chi connectivity index (χ2v) is 11.3. The van der Waals surface area contributed by atoms with Crippen molar-refractivity contribution in [1.82, 2.24) is 24.2 Å². The van der Waals surface area contributed by atoms with Crippen molar-refractivity contribution in [2.24, 2.45) is 11.8 Å². The number of ether oxygens (including phenoxy) is 1. The lowest BCUT2D eigenvalue weighted by Crippen LogP contribution is -2.50. The van der Waals surface area contributed by atoms with Crippen LogP contribution in [0.25, 0.3) is 5.78 Å². The van der Waals surface area contributed by atoms with E-state index in [0.29, 0.717) is 67.6 Å². The number of aromatic nitrogens is 3. The molecule has 2 fully saturated rings. The highest BCUT2D eigenvalue weighted by Gasteiger charge is 2.43. The molecule has 6 rings (SSSR count). The molecule has 10 nitrogen and oxygen atoms in total. The summed E-state index contributed by atoms with van der Waals surface area (Å²) < 4.78 is 8.15. The lowest BCUT2D eigenvalue weighted by atomic mass is 9.77. The zero-order valence-electron chi connectivity index (χ0n) is 22.2. The maximum Gasteiger partial charge on any atom is 0.307 e. The van der Waals surface area contributed by atoms with Crippen molar-refractivity contribution in [3.05, 3.63) is 58.6 Å². The summed E-state index contributed by atoms with van der Waals surface area (Å²) in [5.41, 5.74) is 2.38. The largest absolute Gasteiger partial charge is 0.487 e. The van der Waals surface area contributed by atoms with Crippen LogP contribution >= 0.6 is 11.6 Å². The second-order valence-electron chi connectivity index (χ2n) is 10.9. The normalized spacial score (nSPS) is 22.9. The van der Waals surface area contributed by atoms with E-state index in [0.717, 1.165) is 30.4 Å². The van der Waals surface area contributed by atoms with E-state index in [-0.39, 0.29) is 18.4 Å². The minimum Gasteiger partial charge on any atom is -0.487 e. The third-order valence-electron chi connectivity index (χ3n) is 8.48. The third-order valence-corrected chi connectivity index (χ3v) is 8.84. The number of amides is 2. The zero-order valence-corrected chi connectivity index (χ0v) is 22.9. The van der Waals surface area contributed by atoms with E-state index in [1.165, 1.54) is 0 Å². The summed E-state index contributed by atoms with van der Waals surface area (Å²) >= 11 is 6.69. The molecule has 1 N–H and O–H groups in total. The summed E-state index contributed by atoms with van der Waals surface area (Å²) in [7, 11) is 0. The van der Waals surface area contributed by atoms with Crippen molar-refractivity contribution in [1.29, 1.82) is 0 Å². The minimum absolute atomic E-state index is 0.0577. The highest BCUT2D eigenvalue weighted by atomic mass is 35.5. The summed E-state index contributed by atoms with van der Waals surface area (Å²) in [6.45, 7) is 1.53. The Labute approximate surface area is 236 Å². The van der Waals surface area contributed by atoms with Crippen LogP contribution in [0.4, 0.5) is 0 Å². The summed E-state index contributed by atoms with van der Waals surface area (Å²) in [4.78, 5) is 51.2. The van der Waals surface area contributed by atoms with Gasteiger partial charge in [0.05, 0.1) is 23.6 Å². The smallest absolute Gasteiger partial charge is 0.307 e. The molecule has 11 heteroatoms. The lowest BCUT2D eigenvalue weighted by Gasteiger charge is -2.43. The van der Waals surface area contributed by atoms with Crippen molar-refractivity contribution in [2.75, 3.05) is 19.6 Å². The van der Waals surface area contributed by atoms with Crippen LogP contribution < -0.4 is 4.74 Å². The number of imidazole rings is 1. The number of nitrogens with zero attached hydrogens (tertiary/aromatic N) is 5. The molecule has 2 aliphatic heterocycles. The maximum atomic E-state index is 14.1. The molecule has 210 valence electrons. The lowest BCUT2D eigenvalue weighted by molar-refractivity contribution is -0.154. The molecule has 3 atom stereocenters. The predicted molar refractivity (Wildman–Crippen MR) is 146 cm³/mol. The van der Waals surface area contributed by atoms with Crippen LogP contribution in [-0.4, -0.2) is 66.7 Å². The van der Waals surface area contributed by atoms with E-state index in [2.05, 4.69) is 9.97 Å². The van der Waals surface area contributed by atoms with Gasteiger partial charge in [-0.05, 0) is 49.4 Å². The van der Waals surface area contributed by atoms with Crippen molar-refractivity contribution in [2.45, 2.75) is 57.6 Å². The first-order chi connectivity index (χ1) is 19.4. The van der Waals surface area contributed by atoms with Crippen LogP contribution in [-0.2, 0) is 27.4 Å². The number of likely N-dealkylation sites (tertiary alicyclic amines) is 1. The molecule has 1 saturated carbocycles. The molecule has 2 amide bonds. The Morgan fingerprint density at radius 2 is 1.93 bits per heavy atom.